The highest BCUT2D eigenvalue weighted by molar-refractivity contribution is 5.76. The molecule has 2 unspecified atom stereocenters. The molecule has 2 aliphatic heterocycles. The van der Waals surface area contributed by atoms with Gasteiger partial charge in [0.1, 0.15) is 6.10 Å². The summed E-state index contributed by atoms with van der Waals surface area (Å²) in [5, 5.41) is 38.6. The molecule has 0 aromatic rings. The third kappa shape index (κ3) is 1.70. The van der Waals surface area contributed by atoms with Gasteiger partial charge in [-0.2, -0.15) is 4.39 Å². The van der Waals surface area contributed by atoms with Crippen molar-refractivity contribution in [3.63, 3.8) is 0 Å². The van der Waals surface area contributed by atoms with Gasteiger partial charge in [0, 0.05) is 0 Å². The topological polar surface area (TPSA) is 119 Å². The Labute approximate surface area is 100.0 Å². The van der Waals surface area contributed by atoms with Crippen molar-refractivity contribution in [2.75, 3.05) is 6.61 Å². The number of hydrogen-bond acceptors (Lipinski definition) is 6. The van der Waals surface area contributed by atoms with Crippen molar-refractivity contribution in [3.05, 3.63) is 0 Å². The molecule has 2 heterocycles. The molecule has 7 nitrogen and oxygen atoms in total. The Morgan fingerprint density at radius 2 is 2.17 bits per heavy atom. The third-order valence-electron chi connectivity index (χ3n) is 3.32. The zero-order valence-corrected chi connectivity index (χ0v) is 9.03. The summed E-state index contributed by atoms with van der Waals surface area (Å²) in [7, 11) is 0. The lowest BCUT2D eigenvalue weighted by molar-refractivity contribution is -0.305. The molecule has 0 aromatic carbocycles. The fraction of sp³-hybridized carbons (Fsp3) is 0.889. The summed E-state index contributed by atoms with van der Waals surface area (Å²) in [5.41, 5.74) is 0. The van der Waals surface area contributed by atoms with Crippen LogP contribution in [0.15, 0.2) is 0 Å². The molecule has 2 saturated heterocycles. The number of hydrogen-bond donors (Lipinski definition) is 5. The number of fused-ring (bicyclic) bond motifs is 1. The van der Waals surface area contributed by atoms with Gasteiger partial charge in [-0.1, -0.05) is 0 Å². The van der Waals surface area contributed by atoms with Crippen LogP contribution in [0.2, 0.25) is 0 Å². The van der Waals surface area contributed by atoms with Crippen molar-refractivity contribution in [1.29, 1.82) is 0 Å². The maximum Gasteiger partial charge on any atom is 0.372 e. The molecular weight excluding hydrogens is 256 g/mol. The SMILES string of the molecule is O=C(O)[C@]1(F)OC2C(N[C@@H]2[C@H](O)CO)[C@H](O)[C@@H]1F. The first-order valence-corrected chi connectivity index (χ1v) is 5.30. The molecule has 2 rings (SSSR count). The van der Waals surface area contributed by atoms with Crippen LogP contribution >= 0.6 is 0 Å². The summed E-state index contributed by atoms with van der Waals surface area (Å²) in [6.07, 6.45) is -7.20. The molecule has 7 atom stereocenters. The van der Waals surface area contributed by atoms with Crippen LogP contribution in [0.5, 0.6) is 0 Å². The van der Waals surface area contributed by atoms with Gasteiger partial charge in [0.25, 0.3) is 0 Å². The van der Waals surface area contributed by atoms with Crippen LogP contribution in [0, 0.1) is 0 Å². The van der Waals surface area contributed by atoms with Gasteiger partial charge in [-0.25, -0.2) is 9.18 Å². The molecule has 0 bridgehead atoms. The van der Waals surface area contributed by atoms with Gasteiger partial charge in [-0.05, 0) is 0 Å². The van der Waals surface area contributed by atoms with Gasteiger partial charge in [0.15, 0.2) is 6.17 Å². The molecule has 0 saturated carbocycles. The molecule has 9 heteroatoms. The molecule has 0 spiro atoms. The van der Waals surface area contributed by atoms with Crippen molar-refractivity contribution in [3.8, 4) is 0 Å². The fourth-order valence-corrected chi connectivity index (χ4v) is 2.23. The first kappa shape index (κ1) is 13.6. The van der Waals surface area contributed by atoms with E-state index >= 15 is 0 Å². The minimum atomic E-state index is -3.66. The molecule has 0 aliphatic carbocycles. The van der Waals surface area contributed by atoms with E-state index in [4.69, 9.17) is 10.2 Å². The average Bonchev–Trinajstić information content (AvgIpc) is 2.31. The monoisotopic (exact) mass is 269 g/mol. The number of halogens is 2. The molecule has 0 aromatic heterocycles. The van der Waals surface area contributed by atoms with Crippen LogP contribution in [-0.4, -0.2) is 75.4 Å². The number of carboxylic acid groups (broad SMARTS) is 1. The van der Waals surface area contributed by atoms with E-state index in [2.05, 4.69) is 10.1 Å². The zero-order chi connectivity index (χ0) is 13.7. The summed E-state index contributed by atoms with van der Waals surface area (Å²) in [4.78, 5) is 10.7. The molecule has 18 heavy (non-hydrogen) atoms. The summed E-state index contributed by atoms with van der Waals surface area (Å²) >= 11 is 0. The van der Waals surface area contributed by atoms with E-state index in [1.807, 2.05) is 0 Å². The molecule has 5 N–H and O–H groups in total. The maximum atomic E-state index is 13.8. The largest absolute Gasteiger partial charge is 0.477 e. The number of aliphatic hydroxyl groups is 3. The number of aliphatic hydroxyl groups excluding tert-OH is 3. The van der Waals surface area contributed by atoms with E-state index in [9.17, 15) is 23.8 Å². The second-order valence-corrected chi connectivity index (χ2v) is 4.39. The average molecular weight is 269 g/mol. The van der Waals surface area contributed by atoms with Crippen LogP contribution in [-0.2, 0) is 9.53 Å². The van der Waals surface area contributed by atoms with Gasteiger partial charge in [0.05, 0.1) is 30.9 Å². The number of aliphatic carboxylic acids is 1. The number of rotatable bonds is 3. The van der Waals surface area contributed by atoms with Gasteiger partial charge < -0.3 is 30.5 Å². The Kier molecular flexibility index (Phi) is 3.28. The highest BCUT2D eigenvalue weighted by Gasteiger charge is 2.66. The summed E-state index contributed by atoms with van der Waals surface area (Å²) < 4.78 is 31.8. The molecule has 0 amide bonds. The quantitative estimate of drug-likeness (QED) is 0.385. The summed E-state index contributed by atoms with van der Waals surface area (Å²) in [6, 6.07) is -1.98. The summed E-state index contributed by atoms with van der Waals surface area (Å²) in [6.45, 7) is -0.661. The summed E-state index contributed by atoms with van der Waals surface area (Å²) in [5.74, 6) is -5.84. The number of nitrogens with one attached hydrogen (secondary N) is 1. The third-order valence-corrected chi connectivity index (χ3v) is 3.32. The fourth-order valence-electron chi connectivity index (χ4n) is 2.23. The lowest BCUT2D eigenvalue weighted by atomic mass is 9.80. The van der Waals surface area contributed by atoms with Crippen LogP contribution in [0.25, 0.3) is 0 Å². The lowest BCUT2D eigenvalue weighted by Gasteiger charge is -2.55. The Bertz CT molecular complexity index is 354. The zero-order valence-electron chi connectivity index (χ0n) is 9.03. The molecule has 0 radical (unpaired) electrons. The first-order valence-electron chi connectivity index (χ1n) is 5.30. The van der Waals surface area contributed by atoms with Crippen molar-refractivity contribution in [2.45, 2.75) is 42.4 Å². The Morgan fingerprint density at radius 1 is 1.56 bits per heavy atom. The standard InChI is InChI=1S/C9H13F2NO6/c10-7-5(15)4-6(3(12-4)2(14)1-13)18-9(7,11)8(16)17/h2-7,12-15H,1H2,(H,16,17)/t2-,3-,4?,5+,6?,7+,9-/m1/s1. The molecule has 2 aliphatic rings. The second-order valence-electron chi connectivity index (χ2n) is 4.39. The minimum absolute atomic E-state index is 0.661. The van der Waals surface area contributed by atoms with Crippen LogP contribution in [0.4, 0.5) is 8.78 Å². The Morgan fingerprint density at radius 3 is 2.67 bits per heavy atom. The van der Waals surface area contributed by atoms with Gasteiger partial charge in [-0.15, -0.1) is 0 Å². The van der Waals surface area contributed by atoms with Gasteiger partial charge >= 0.3 is 11.8 Å². The Balaban J connectivity index is 2.19. The van der Waals surface area contributed by atoms with E-state index in [-0.39, 0.29) is 0 Å². The van der Waals surface area contributed by atoms with Crippen LogP contribution < -0.4 is 5.32 Å². The van der Waals surface area contributed by atoms with Crippen molar-refractivity contribution < 1.29 is 38.7 Å². The molecule has 2 fully saturated rings. The second kappa shape index (κ2) is 4.35. The van der Waals surface area contributed by atoms with E-state index in [1.165, 1.54) is 0 Å². The van der Waals surface area contributed by atoms with Crippen molar-refractivity contribution >= 4 is 5.97 Å². The van der Waals surface area contributed by atoms with E-state index in [0.29, 0.717) is 0 Å². The number of alkyl halides is 2. The molecular formula is C9H13F2NO6. The first-order chi connectivity index (χ1) is 8.32. The predicted octanol–water partition coefficient (Wildman–Crippen LogP) is -2.47. The number of carbonyl (C=O) groups is 1. The number of ether oxygens (including phenoxy) is 1. The van der Waals surface area contributed by atoms with Gasteiger partial charge in [0.2, 0.25) is 0 Å². The Hall–Kier alpha value is -0.870. The highest BCUT2D eigenvalue weighted by Crippen LogP contribution is 2.39. The normalized spacial score (nSPS) is 49.1. The number of carboxylic acids is 1. The lowest BCUT2D eigenvalue weighted by Crippen LogP contribution is -2.81. The van der Waals surface area contributed by atoms with E-state index < -0.39 is 55.0 Å². The van der Waals surface area contributed by atoms with Gasteiger partial charge in [-0.3, -0.25) is 0 Å². The molecule has 104 valence electrons. The highest BCUT2D eigenvalue weighted by atomic mass is 19.2. The van der Waals surface area contributed by atoms with Crippen molar-refractivity contribution in [1.82, 2.24) is 5.32 Å². The maximum absolute atomic E-state index is 13.8. The van der Waals surface area contributed by atoms with Crippen molar-refractivity contribution in [2.24, 2.45) is 0 Å². The van der Waals surface area contributed by atoms with E-state index in [0.717, 1.165) is 0 Å². The van der Waals surface area contributed by atoms with E-state index in [1.54, 1.807) is 0 Å². The predicted molar refractivity (Wildman–Crippen MR) is 51.1 cm³/mol. The van der Waals surface area contributed by atoms with Crippen LogP contribution in [0.1, 0.15) is 0 Å². The van der Waals surface area contributed by atoms with Crippen LogP contribution in [0.3, 0.4) is 0 Å². The minimum Gasteiger partial charge on any atom is -0.477 e. The smallest absolute Gasteiger partial charge is 0.372 e.